The number of anilines is 1. The van der Waals surface area contributed by atoms with Crippen molar-refractivity contribution in [1.82, 2.24) is 15.3 Å². The Hall–Kier alpha value is -2.34. The third-order valence-electron chi connectivity index (χ3n) is 3.96. The number of carbonyl (C=O) groups is 1. The van der Waals surface area contributed by atoms with E-state index >= 15 is 0 Å². The monoisotopic (exact) mass is 360 g/mol. The van der Waals surface area contributed by atoms with Crippen LogP contribution in [0.2, 0.25) is 5.02 Å². The van der Waals surface area contributed by atoms with Crippen LogP contribution in [0.4, 0.5) is 5.82 Å². The smallest absolute Gasteiger partial charge is 0.251 e. The van der Waals surface area contributed by atoms with Crippen LogP contribution in [0.3, 0.4) is 0 Å². The molecule has 7 heteroatoms. The molecule has 0 spiro atoms. The molecule has 0 aliphatic carbocycles. The predicted molar refractivity (Wildman–Crippen MR) is 97.5 cm³/mol. The van der Waals surface area contributed by atoms with Crippen LogP contribution >= 0.6 is 11.6 Å². The molecule has 0 bridgehead atoms. The number of benzene rings is 1. The van der Waals surface area contributed by atoms with Crippen LogP contribution in [0.15, 0.2) is 30.3 Å². The molecular weight excluding hydrogens is 340 g/mol. The zero-order valence-electron chi connectivity index (χ0n) is 14.2. The first kappa shape index (κ1) is 17.5. The maximum atomic E-state index is 12.0. The standard InChI is InChI=1S/C18H21ClN4O2/c1-13-21-16(23-8-2-3-9-23)12-17(22-13)25-10-7-20-18(24)14-5-4-6-15(19)11-14/h4-6,11-12H,2-3,7-10H2,1H3,(H,20,24). The molecule has 0 saturated carbocycles. The van der Waals surface area contributed by atoms with E-state index < -0.39 is 0 Å². The van der Waals surface area contributed by atoms with Crippen LogP contribution in [0.1, 0.15) is 29.0 Å². The molecule has 1 aliphatic heterocycles. The average molecular weight is 361 g/mol. The molecule has 0 unspecified atom stereocenters. The lowest BCUT2D eigenvalue weighted by atomic mass is 10.2. The molecule has 1 amide bonds. The first-order valence-corrected chi connectivity index (χ1v) is 8.77. The molecule has 1 aromatic heterocycles. The molecule has 1 saturated heterocycles. The molecule has 0 atom stereocenters. The van der Waals surface area contributed by atoms with Crippen molar-refractivity contribution in [1.29, 1.82) is 0 Å². The van der Waals surface area contributed by atoms with Gasteiger partial charge in [-0.25, -0.2) is 4.98 Å². The van der Waals surface area contributed by atoms with Gasteiger partial charge >= 0.3 is 0 Å². The van der Waals surface area contributed by atoms with Gasteiger partial charge in [0.15, 0.2) is 0 Å². The van der Waals surface area contributed by atoms with Crippen LogP contribution in [0.25, 0.3) is 0 Å². The molecule has 0 radical (unpaired) electrons. The zero-order valence-corrected chi connectivity index (χ0v) is 14.9. The molecule has 1 N–H and O–H groups in total. The van der Waals surface area contributed by atoms with Crippen molar-refractivity contribution in [3.63, 3.8) is 0 Å². The Kier molecular flexibility index (Phi) is 5.71. The number of aryl methyl sites for hydroxylation is 1. The van der Waals surface area contributed by atoms with Crippen LogP contribution in [-0.4, -0.2) is 42.1 Å². The Morgan fingerprint density at radius 3 is 2.84 bits per heavy atom. The number of ether oxygens (including phenoxy) is 1. The van der Waals surface area contributed by atoms with Gasteiger partial charge in [0.2, 0.25) is 5.88 Å². The number of aromatic nitrogens is 2. The Labute approximate surface area is 152 Å². The van der Waals surface area contributed by atoms with Crippen molar-refractivity contribution in [2.75, 3.05) is 31.1 Å². The van der Waals surface area contributed by atoms with Crippen molar-refractivity contribution in [2.45, 2.75) is 19.8 Å². The van der Waals surface area contributed by atoms with Crippen LogP contribution in [0, 0.1) is 6.92 Å². The molecule has 3 rings (SSSR count). The molecule has 2 heterocycles. The van der Waals surface area contributed by atoms with E-state index in [1.54, 1.807) is 24.3 Å². The highest BCUT2D eigenvalue weighted by Crippen LogP contribution is 2.21. The van der Waals surface area contributed by atoms with E-state index in [0.717, 1.165) is 18.9 Å². The molecule has 6 nitrogen and oxygen atoms in total. The van der Waals surface area contributed by atoms with Crippen molar-refractivity contribution < 1.29 is 9.53 Å². The number of rotatable bonds is 6. The van der Waals surface area contributed by atoms with Gasteiger partial charge in [-0.05, 0) is 38.0 Å². The maximum Gasteiger partial charge on any atom is 0.251 e. The number of carbonyl (C=O) groups excluding carboxylic acids is 1. The fourth-order valence-corrected chi connectivity index (χ4v) is 2.95. The summed E-state index contributed by atoms with van der Waals surface area (Å²) in [7, 11) is 0. The van der Waals surface area contributed by atoms with Gasteiger partial charge in [0.25, 0.3) is 5.91 Å². The highest BCUT2D eigenvalue weighted by atomic mass is 35.5. The maximum absolute atomic E-state index is 12.0. The third kappa shape index (κ3) is 4.82. The summed E-state index contributed by atoms with van der Waals surface area (Å²) in [5, 5.41) is 3.34. The molecule has 1 fully saturated rings. The molecule has 1 aromatic carbocycles. The van der Waals surface area contributed by atoms with Gasteiger partial charge in [-0.1, -0.05) is 17.7 Å². The van der Waals surface area contributed by atoms with Crippen LogP contribution in [-0.2, 0) is 0 Å². The van der Waals surface area contributed by atoms with Crippen LogP contribution < -0.4 is 15.0 Å². The second-order valence-electron chi connectivity index (χ2n) is 5.92. The van der Waals surface area contributed by atoms with E-state index in [4.69, 9.17) is 16.3 Å². The molecule has 132 valence electrons. The van der Waals surface area contributed by atoms with Crippen LogP contribution in [0.5, 0.6) is 5.88 Å². The average Bonchev–Trinajstić information content (AvgIpc) is 3.13. The lowest BCUT2D eigenvalue weighted by Gasteiger charge is -2.17. The van der Waals surface area contributed by atoms with E-state index in [2.05, 4.69) is 20.2 Å². The summed E-state index contributed by atoms with van der Waals surface area (Å²) in [6, 6.07) is 8.69. The van der Waals surface area contributed by atoms with Crippen molar-refractivity contribution in [3.8, 4) is 5.88 Å². The molecule has 2 aromatic rings. The summed E-state index contributed by atoms with van der Waals surface area (Å²) in [5.41, 5.74) is 0.529. The van der Waals surface area contributed by atoms with Gasteiger partial charge in [0, 0.05) is 29.7 Å². The minimum Gasteiger partial charge on any atom is -0.476 e. The minimum atomic E-state index is -0.178. The molecule has 25 heavy (non-hydrogen) atoms. The Morgan fingerprint density at radius 2 is 2.08 bits per heavy atom. The Balaban J connectivity index is 1.51. The van der Waals surface area contributed by atoms with E-state index in [1.165, 1.54) is 12.8 Å². The van der Waals surface area contributed by atoms with E-state index in [9.17, 15) is 4.79 Å². The summed E-state index contributed by atoms with van der Waals surface area (Å²) >= 11 is 5.89. The van der Waals surface area contributed by atoms with Gasteiger partial charge < -0.3 is 15.0 Å². The van der Waals surface area contributed by atoms with Crippen molar-refractivity contribution in [2.24, 2.45) is 0 Å². The Bertz CT molecular complexity index is 748. The lowest BCUT2D eigenvalue weighted by Crippen LogP contribution is -2.28. The highest BCUT2D eigenvalue weighted by Gasteiger charge is 2.15. The van der Waals surface area contributed by atoms with E-state index in [-0.39, 0.29) is 5.91 Å². The summed E-state index contributed by atoms with van der Waals surface area (Å²) in [6.07, 6.45) is 2.38. The predicted octanol–water partition coefficient (Wildman–Crippen LogP) is 2.85. The van der Waals surface area contributed by atoms with E-state index in [0.29, 0.717) is 35.4 Å². The zero-order chi connectivity index (χ0) is 17.6. The number of hydrogen-bond donors (Lipinski definition) is 1. The number of hydrogen-bond acceptors (Lipinski definition) is 5. The third-order valence-corrected chi connectivity index (χ3v) is 4.19. The minimum absolute atomic E-state index is 0.178. The topological polar surface area (TPSA) is 67.3 Å². The summed E-state index contributed by atoms with van der Waals surface area (Å²) in [5.74, 6) is 1.94. The van der Waals surface area contributed by atoms with Gasteiger partial charge in [0.05, 0.1) is 6.54 Å². The Morgan fingerprint density at radius 1 is 1.28 bits per heavy atom. The van der Waals surface area contributed by atoms with Gasteiger partial charge in [-0.2, -0.15) is 4.98 Å². The number of halogens is 1. The van der Waals surface area contributed by atoms with Crippen molar-refractivity contribution >= 4 is 23.3 Å². The second kappa shape index (κ2) is 8.16. The fraction of sp³-hybridized carbons (Fsp3) is 0.389. The fourth-order valence-electron chi connectivity index (χ4n) is 2.76. The molecular formula is C18H21ClN4O2. The number of nitrogens with one attached hydrogen (secondary N) is 1. The van der Waals surface area contributed by atoms with Gasteiger partial charge in [-0.3, -0.25) is 4.79 Å². The second-order valence-corrected chi connectivity index (χ2v) is 6.36. The summed E-state index contributed by atoms with van der Waals surface area (Å²) < 4.78 is 5.68. The first-order chi connectivity index (χ1) is 12.1. The van der Waals surface area contributed by atoms with Gasteiger partial charge in [-0.15, -0.1) is 0 Å². The largest absolute Gasteiger partial charge is 0.476 e. The number of amides is 1. The number of nitrogens with zero attached hydrogens (tertiary/aromatic N) is 3. The lowest BCUT2D eigenvalue weighted by molar-refractivity contribution is 0.0946. The normalized spacial score (nSPS) is 13.8. The van der Waals surface area contributed by atoms with E-state index in [1.807, 2.05) is 13.0 Å². The quantitative estimate of drug-likeness (QED) is 0.802. The summed E-state index contributed by atoms with van der Waals surface area (Å²) in [4.78, 5) is 23.0. The summed E-state index contributed by atoms with van der Waals surface area (Å²) in [6.45, 7) is 4.61. The van der Waals surface area contributed by atoms with Crippen molar-refractivity contribution in [3.05, 3.63) is 46.7 Å². The SMILES string of the molecule is Cc1nc(OCCNC(=O)c2cccc(Cl)c2)cc(N2CCCC2)n1. The molecule has 1 aliphatic rings. The van der Waals surface area contributed by atoms with Gasteiger partial charge in [0.1, 0.15) is 18.2 Å². The first-order valence-electron chi connectivity index (χ1n) is 8.39. The highest BCUT2D eigenvalue weighted by molar-refractivity contribution is 6.30.